The largest absolute Gasteiger partial charge is 0.379 e. The number of benzene rings is 1. The molecule has 0 spiro atoms. The first-order chi connectivity index (χ1) is 11.3. The maximum atomic E-state index is 12.3. The van der Waals surface area contributed by atoms with Crippen LogP contribution in [0.3, 0.4) is 0 Å². The molecule has 1 aromatic carbocycles. The van der Waals surface area contributed by atoms with Gasteiger partial charge in [-0.05, 0) is 12.0 Å². The molecule has 0 bridgehead atoms. The van der Waals surface area contributed by atoms with E-state index >= 15 is 0 Å². The van der Waals surface area contributed by atoms with Crippen molar-refractivity contribution in [3.8, 4) is 0 Å². The molecule has 2 N–H and O–H groups in total. The van der Waals surface area contributed by atoms with Crippen molar-refractivity contribution >= 4 is 17.7 Å². The zero-order valence-corrected chi connectivity index (χ0v) is 14.2. The van der Waals surface area contributed by atoms with Gasteiger partial charge in [0.1, 0.15) is 0 Å². The van der Waals surface area contributed by atoms with E-state index in [0.717, 1.165) is 44.4 Å². The highest BCUT2D eigenvalue weighted by Gasteiger charge is 2.25. The van der Waals surface area contributed by atoms with Gasteiger partial charge in [0.05, 0.1) is 19.3 Å². The van der Waals surface area contributed by atoms with Gasteiger partial charge in [0.15, 0.2) is 0 Å². The van der Waals surface area contributed by atoms with Gasteiger partial charge in [-0.1, -0.05) is 30.3 Å². The van der Waals surface area contributed by atoms with Crippen molar-refractivity contribution in [1.29, 1.82) is 0 Å². The van der Waals surface area contributed by atoms with E-state index in [1.165, 1.54) is 5.56 Å². The maximum Gasteiger partial charge on any atom is 0.238 e. The number of morpholine rings is 1. The molecule has 2 heterocycles. The van der Waals surface area contributed by atoms with Crippen LogP contribution in [-0.2, 0) is 16.0 Å². The van der Waals surface area contributed by atoms with E-state index in [4.69, 9.17) is 4.74 Å². The zero-order valence-electron chi connectivity index (χ0n) is 13.4. The van der Waals surface area contributed by atoms with E-state index in [1.807, 2.05) is 6.07 Å². The molecule has 2 atom stereocenters. The van der Waals surface area contributed by atoms with Crippen molar-refractivity contribution in [2.24, 2.45) is 0 Å². The standard InChI is InChI=1S/C17H25N3O2S/c21-17(16-12-23-13-19-16)18-11-15(20-6-8-22-9-7-20)10-14-4-2-1-3-5-14/h1-5,15-16,19H,6-13H2,(H,18,21). The van der Waals surface area contributed by atoms with Crippen molar-refractivity contribution in [3.63, 3.8) is 0 Å². The average Bonchev–Trinajstić information content (AvgIpc) is 3.15. The molecular weight excluding hydrogens is 310 g/mol. The van der Waals surface area contributed by atoms with Crippen LogP contribution in [0.4, 0.5) is 0 Å². The van der Waals surface area contributed by atoms with Crippen molar-refractivity contribution in [2.45, 2.75) is 18.5 Å². The Hall–Kier alpha value is -1.08. The molecule has 6 heteroatoms. The number of carbonyl (C=O) groups is 1. The summed E-state index contributed by atoms with van der Waals surface area (Å²) >= 11 is 1.78. The molecule has 0 aliphatic carbocycles. The fraction of sp³-hybridized carbons (Fsp3) is 0.588. The molecule has 5 nitrogen and oxygen atoms in total. The Morgan fingerprint density at radius 3 is 2.83 bits per heavy atom. The summed E-state index contributed by atoms with van der Waals surface area (Å²) in [5, 5.41) is 6.37. The highest BCUT2D eigenvalue weighted by atomic mass is 32.2. The quantitative estimate of drug-likeness (QED) is 0.802. The number of ether oxygens (including phenoxy) is 1. The van der Waals surface area contributed by atoms with Gasteiger partial charge >= 0.3 is 0 Å². The molecule has 2 saturated heterocycles. The monoisotopic (exact) mass is 335 g/mol. The summed E-state index contributed by atoms with van der Waals surface area (Å²) in [4.78, 5) is 14.7. The molecule has 0 radical (unpaired) electrons. The number of carbonyl (C=O) groups excluding carboxylic acids is 1. The molecular formula is C17H25N3O2S. The van der Waals surface area contributed by atoms with Crippen molar-refractivity contribution in [1.82, 2.24) is 15.5 Å². The second-order valence-electron chi connectivity index (χ2n) is 6.01. The first kappa shape index (κ1) is 16.8. The van der Waals surface area contributed by atoms with Crippen molar-refractivity contribution < 1.29 is 9.53 Å². The van der Waals surface area contributed by atoms with E-state index in [-0.39, 0.29) is 11.9 Å². The number of hydrogen-bond acceptors (Lipinski definition) is 5. The van der Waals surface area contributed by atoms with Crippen LogP contribution in [0.5, 0.6) is 0 Å². The lowest BCUT2D eigenvalue weighted by atomic mass is 10.0. The minimum Gasteiger partial charge on any atom is -0.379 e. The Labute approximate surface area is 142 Å². The molecule has 1 aromatic rings. The van der Waals surface area contributed by atoms with Crippen LogP contribution in [0.25, 0.3) is 0 Å². The van der Waals surface area contributed by atoms with Crippen molar-refractivity contribution in [2.75, 3.05) is 44.5 Å². The second kappa shape index (κ2) is 8.68. The Balaban J connectivity index is 1.58. The highest BCUT2D eigenvalue weighted by molar-refractivity contribution is 7.99. The SMILES string of the molecule is O=C(NCC(Cc1ccccc1)N1CCOCC1)C1CSCN1. The van der Waals surface area contributed by atoms with E-state index in [0.29, 0.717) is 12.6 Å². The summed E-state index contributed by atoms with van der Waals surface area (Å²) in [6.07, 6.45) is 0.952. The van der Waals surface area contributed by atoms with Gasteiger partial charge in [-0.15, -0.1) is 11.8 Å². The molecule has 2 aliphatic heterocycles. The Morgan fingerprint density at radius 2 is 2.13 bits per heavy atom. The lowest BCUT2D eigenvalue weighted by Crippen LogP contribution is -2.52. The minimum atomic E-state index is -0.0398. The van der Waals surface area contributed by atoms with E-state index in [9.17, 15) is 4.79 Å². The Bertz CT molecular complexity index is 488. The summed E-state index contributed by atoms with van der Waals surface area (Å²) in [7, 11) is 0. The third kappa shape index (κ3) is 4.94. The van der Waals surface area contributed by atoms with E-state index in [2.05, 4.69) is 39.8 Å². The lowest BCUT2D eigenvalue weighted by molar-refractivity contribution is -0.122. The third-order valence-corrected chi connectivity index (χ3v) is 5.36. The number of nitrogens with one attached hydrogen (secondary N) is 2. The second-order valence-corrected chi connectivity index (χ2v) is 7.04. The number of nitrogens with zero attached hydrogens (tertiary/aromatic N) is 1. The Kier molecular flexibility index (Phi) is 6.33. The molecule has 126 valence electrons. The van der Waals surface area contributed by atoms with Gasteiger partial charge in [0, 0.05) is 37.3 Å². The van der Waals surface area contributed by atoms with Crippen molar-refractivity contribution in [3.05, 3.63) is 35.9 Å². The smallest absolute Gasteiger partial charge is 0.238 e. The first-order valence-electron chi connectivity index (χ1n) is 8.27. The topological polar surface area (TPSA) is 53.6 Å². The molecule has 23 heavy (non-hydrogen) atoms. The number of hydrogen-bond donors (Lipinski definition) is 2. The fourth-order valence-electron chi connectivity index (χ4n) is 3.06. The Morgan fingerprint density at radius 1 is 1.35 bits per heavy atom. The minimum absolute atomic E-state index is 0.0398. The van der Waals surface area contributed by atoms with E-state index in [1.54, 1.807) is 11.8 Å². The molecule has 0 saturated carbocycles. The van der Waals surface area contributed by atoms with Crippen LogP contribution in [0, 0.1) is 0 Å². The van der Waals surface area contributed by atoms with Crippen LogP contribution in [-0.4, -0.2) is 67.4 Å². The summed E-state index contributed by atoms with van der Waals surface area (Å²) in [6.45, 7) is 4.12. The van der Waals surface area contributed by atoms with E-state index < -0.39 is 0 Å². The predicted molar refractivity (Wildman–Crippen MR) is 93.6 cm³/mol. The highest BCUT2D eigenvalue weighted by Crippen LogP contribution is 2.12. The average molecular weight is 335 g/mol. The molecule has 0 aromatic heterocycles. The summed E-state index contributed by atoms with van der Waals surface area (Å²) < 4.78 is 5.47. The fourth-order valence-corrected chi connectivity index (χ4v) is 4.01. The van der Waals surface area contributed by atoms with Gasteiger partial charge in [-0.3, -0.25) is 15.0 Å². The first-order valence-corrected chi connectivity index (χ1v) is 9.43. The number of amides is 1. The predicted octanol–water partition coefficient (Wildman–Crippen LogP) is 0.709. The molecule has 1 amide bonds. The summed E-state index contributed by atoms with van der Waals surface area (Å²) in [5.41, 5.74) is 1.31. The van der Waals surface area contributed by atoms with Gasteiger partial charge in [0.25, 0.3) is 0 Å². The van der Waals surface area contributed by atoms with Crippen LogP contribution < -0.4 is 10.6 Å². The van der Waals surface area contributed by atoms with Crippen LogP contribution in [0.1, 0.15) is 5.56 Å². The maximum absolute atomic E-state index is 12.3. The molecule has 2 aliphatic rings. The van der Waals surface area contributed by atoms with Crippen LogP contribution in [0.15, 0.2) is 30.3 Å². The molecule has 2 fully saturated rings. The number of rotatable bonds is 6. The van der Waals surface area contributed by atoms with Crippen LogP contribution in [0.2, 0.25) is 0 Å². The van der Waals surface area contributed by atoms with Gasteiger partial charge in [-0.2, -0.15) is 0 Å². The summed E-state index contributed by atoms with van der Waals surface area (Å²) in [6, 6.07) is 10.8. The number of thioether (sulfide) groups is 1. The van der Waals surface area contributed by atoms with Gasteiger partial charge in [-0.25, -0.2) is 0 Å². The summed E-state index contributed by atoms with van der Waals surface area (Å²) in [5.74, 6) is 1.86. The lowest BCUT2D eigenvalue weighted by Gasteiger charge is -2.35. The normalized spacial score (nSPS) is 23.6. The van der Waals surface area contributed by atoms with Gasteiger partial charge in [0.2, 0.25) is 5.91 Å². The zero-order chi connectivity index (χ0) is 15.9. The van der Waals surface area contributed by atoms with Crippen LogP contribution >= 0.6 is 11.8 Å². The molecule has 3 rings (SSSR count). The third-order valence-electron chi connectivity index (χ3n) is 4.42. The molecule has 2 unspecified atom stereocenters. The van der Waals surface area contributed by atoms with Gasteiger partial charge < -0.3 is 10.1 Å².